The zero-order valence-electron chi connectivity index (χ0n) is 22.6. The lowest BCUT2D eigenvalue weighted by Gasteiger charge is -2.32. The van der Waals surface area contributed by atoms with E-state index in [1.165, 1.54) is 24.1 Å². The number of hydrogen-bond acceptors (Lipinski definition) is 5. The normalized spacial score (nSPS) is 11.9. The number of benzene rings is 3. The molecule has 0 spiro atoms. The summed E-state index contributed by atoms with van der Waals surface area (Å²) < 4.78 is 33.9. The van der Waals surface area contributed by atoms with E-state index in [1.807, 2.05) is 13.8 Å². The number of ether oxygens (including phenoxy) is 1. The van der Waals surface area contributed by atoms with E-state index in [2.05, 4.69) is 5.32 Å². The highest BCUT2D eigenvalue weighted by Gasteiger charge is 2.32. The molecule has 0 bridgehead atoms. The number of nitrogens with one attached hydrogen (secondary N) is 1. The number of rotatable bonds is 12. The van der Waals surface area contributed by atoms with Crippen molar-refractivity contribution in [1.29, 1.82) is 0 Å². The first kappa shape index (κ1) is 30.0. The van der Waals surface area contributed by atoms with E-state index < -0.39 is 28.5 Å². The summed E-state index contributed by atoms with van der Waals surface area (Å²) in [6.07, 6.45) is 0.741. The predicted molar refractivity (Wildman–Crippen MR) is 153 cm³/mol. The molecular formula is C29H34ClN3O5S. The summed E-state index contributed by atoms with van der Waals surface area (Å²) in [5.74, 6) is -0.339. The van der Waals surface area contributed by atoms with E-state index in [0.717, 1.165) is 21.9 Å². The minimum atomic E-state index is -4.15. The van der Waals surface area contributed by atoms with Crippen LogP contribution in [0.2, 0.25) is 5.02 Å². The molecule has 0 unspecified atom stereocenters. The highest BCUT2D eigenvalue weighted by atomic mass is 35.5. The molecule has 1 N–H and O–H groups in total. The van der Waals surface area contributed by atoms with Crippen molar-refractivity contribution in [2.45, 2.75) is 44.7 Å². The van der Waals surface area contributed by atoms with Crippen LogP contribution in [0.25, 0.3) is 0 Å². The number of aryl methyl sites for hydroxylation is 1. The Balaban J connectivity index is 2.00. The van der Waals surface area contributed by atoms with Gasteiger partial charge in [0.1, 0.15) is 18.3 Å². The summed E-state index contributed by atoms with van der Waals surface area (Å²) >= 11 is 6.03. The summed E-state index contributed by atoms with van der Waals surface area (Å²) in [6, 6.07) is 18.9. The van der Waals surface area contributed by atoms with E-state index in [1.54, 1.807) is 67.6 Å². The predicted octanol–water partition coefficient (Wildman–Crippen LogP) is 4.80. The highest BCUT2D eigenvalue weighted by molar-refractivity contribution is 7.92. The Labute approximate surface area is 235 Å². The molecule has 3 aromatic carbocycles. The lowest BCUT2D eigenvalue weighted by atomic mass is 10.1. The van der Waals surface area contributed by atoms with E-state index in [4.69, 9.17) is 16.3 Å². The maximum absolute atomic E-state index is 13.9. The zero-order valence-corrected chi connectivity index (χ0v) is 24.1. The van der Waals surface area contributed by atoms with Gasteiger partial charge in [0, 0.05) is 18.1 Å². The van der Waals surface area contributed by atoms with Gasteiger partial charge in [0.15, 0.2) is 0 Å². The number of carbonyl (C=O) groups is 2. The monoisotopic (exact) mass is 571 g/mol. The van der Waals surface area contributed by atoms with Gasteiger partial charge in [0.25, 0.3) is 10.0 Å². The molecule has 0 saturated carbocycles. The molecule has 2 amide bonds. The molecule has 0 aromatic heterocycles. The van der Waals surface area contributed by atoms with Crippen molar-refractivity contribution >= 4 is 39.1 Å². The van der Waals surface area contributed by atoms with Crippen LogP contribution in [-0.2, 0) is 26.2 Å². The molecule has 8 nitrogen and oxygen atoms in total. The summed E-state index contributed by atoms with van der Waals surface area (Å²) in [4.78, 5) is 28.1. The number of halogens is 1. The van der Waals surface area contributed by atoms with E-state index >= 15 is 0 Å². The zero-order chi connectivity index (χ0) is 28.6. The molecule has 0 saturated heterocycles. The van der Waals surface area contributed by atoms with Gasteiger partial charge in [-0.1, -0.05) is 48.4 Å². The number of nitrogens with zero attached hydrogens (tertiary/aromatic N) is 2. The quantitative estimate of drug-likeness (QED) is 0.337. The minimum Gasteiger partial charge on any atom is -0.497 e. The molecule has 0 aliphatic rings. The first-order chi connectivity index (χ1) is 18.6. The van der Waals surface area contributed by atoms with Gasteiger partial charge in [-0.05, 0) is 74.4 Å². The standard InChI is InChI=1S/C29H34ClN3O5S/c1-5-18-31-29(35)22(3)32(19-23-8-10-24(30)11-9-23)28(34)20-33(25-12-6-21(2)7-13-25)39(36,37)27-16-14-26(38-4)15-17-27/h6-17,22H,5,18-20H2,1-4H3,(H,31,35)/t22-/m1/s1. The summed E-state index contributed by atoms with van der Waals surface area (Å²) in [7, 11) is -2.65. The minimum absolute atomic E-state index is 0.00895. The van der Waals surface area contributed by atoms with Crippen molar-refractivity contribution in [2.75, 3.05) is 24.5 Å². The molecule has 0 heterocycles. The van der Waals surface area contributed by atoms with Crippen LogP contribution >= 0.6 is 11.6 Å². The first-order valence-corrected chi connectivity index (χ1v) is 14.4. The average Bonchev–Trinajstić information content (AvgIpc) is 2.94. The molecular weight excluding hydrogens is 538 g/mol. The number of amides is 2. The van der Waals surface area contributed by atoms with Crippen molar-refractivity contribution in [3.05, 3.63) is 88.9 Å². The fourth-order valence-corrected chi connectivity index (χ4v) is 5.42. The molecule has 10 heteroatoms. The van der Waals surface area contributed by atoms with Crippen LogP contribution in [0.5, 0.6) is 5.75 Å². The first-order valence-electron chi connectivity index (χ1n) is 12.6. The Morgan fingerprint density at radius 2 is 1.59 bits per heavy atom. The van der Waals surface area contributed by atoms with Gasteiger partial charge in [-0.2, -0.15) is 0 Å². The molecule has 0 aliphatic heterocycles. The third-order valence-corrected chi connectivity index (χ3v) is 8.27. The van der Waals surface area contributed by atoms with Crippen LogP contribution in [0.15, 0.2) is 77.7 Å². The number of anilines is 1. The second-order valence-electron chi connectivity index (χ2n) is 9.14. The van der Waals surface area contributed by atoms with Gasteiger partial charge in [0.05, 0.1) is 17.7 Å². The average molecular weight is 572 g/mol. The smallest absolute Gasteiger partial charge is 0.264 e. The van der Waals surface area contributed by atoms with Crippen molar-refractivity contribution in [2.24, 2.45) is 0 Å². The fraction of sp³-hybridized carbons (Fsp3) is 0.310. The van der Waals surface area contributed by atoms with Crippen LogP contribution in [0.1, 0.15) is 31.4 Å². The fourth-order valence-electron chi connectivity index (χ4n) is 3.88. The lowest BCUT2D eigenvalue weighted by Crippen LogP contribution is -2.51. The van der Waals surface area contributed by atoms with Crippen molar-refractivity contribution in [1.82, 2.24) is 10.2 Å². The maximum atomic E-state index is 13.9. The van der Waals surface area contributed by atoms with E-state index in [-0.39, 0.29) is 17.3 Å². The second kappa shape index (κ2) is 13.5. The molecule has 3 aromatic rings. The summed E-state index contributed by atoms with van der Waals surface area (Å²) in [5.41, 5.74) is 2.03. The molecule has 208 valence electrons. The number of methoxy groups -OCH3 is 1. The topological polar surface area (TPSA) is 96.0 Å². The molecule has 0 radical (unpaired) electrons. The third kappa shape index (κ3) is 7.74. The third-order valence-electron chi connectivity index (χ3n) is 6.23. The van der Waals surface area contributed by atoms with Gasteiger partial charge in [-0.15, -0.1) is 0 Å². The van der Waals surface area contributed by atoms with Crippen LogP contribution in [0.3, 0.4) is 0 Å². The van der Waals surface area contributed by atoms with Crippen LogP contribution < -0.4 is 14.4 Å². The Morgan fingerprint density at radius 3 is 2.15 bits per heavy atom. The molecule has 0 aliphatic carbocycles. The lowest BCUT2D eigenvalue weighted by molar-refractivity contribution is -0.139. The van der Waals surface area contributed by atoms with Gasteiger partial charge in [-0.25, -0.2) is 8.42 Å². The molecule has 0 fully saturated rings. The molecule has 39 heavy (non-hydrogen) atoms. The van der Waals surface area contributed by atoms with Crippen molar-refractivity contribution < 1.29 is 22.7 Å². The van der Waals surface area contributed by atoms with Gasteiger partial charge < -0.3 is 15.0 Å². The van der Waals surface area contributed by atoms with Gasteiger partial charge in [-0.3, -0.25) is 13.9 Å². The van der Waals surface area contributed by atoms with Crippen molar-refractivity contribution in [3.63, 3.8) is 0 Å². The number of carbonyl (C=O) groups excluding carboxylic acids is 2. The van der Waals surface area contributed by atoms with Crippen LogP contribution in [-0.4, -0.2) is 51.4 Å². The Hall–Kier alpha value is -3.56. The second-order valence-corrected chi connectivity index (χ2v) is 11.4. The van der Waals surface area contributed by atoms with Crippen molar-refractivity contribution in [3.8, 4) is 5.75 Å². The number of sulfonamides is 1. The number of hydrogen-bond donors (Lipinski definition) is 1. The van der Waals surface area contributed by atoms with Gasteiger partial charge >= 0.3 is 0 Å². The Bertz CT molecular complexity index is 1360. The van der Waals surface area contributed by atoms with E-state index in [0.29, 0.717) is 23.0 Å². The van der Waals surface area contributed by atoms with Gasteiger partial charge in [0.2, 0.25) is 11.8 Å². The SMILES string of the molecule is CCCNC(=O)[C@@H](C)N(Cc1ccc(Cl)cc1)C(=O)CN(c1ccc(C)cc1)S(=O)(=O)c1ccc(OC)cc1. The Morgan fingerprint density at radius 1 is 0.974 bits per heavy atom. The highest BCUT2D eigenvalue weighted by Crippen LogP contribution is 2.26. The van der Waals surface area contributed by atoms with Crippen LogP contribution in [0.4, 0.5) is 5.69 Å². The van der Waals surface area contributed by atoms with Crippen LogP contribution in [0, 0.1) is 6.92 Å². The maximum Gasteiger partial charge on any atom is 0.264 e. The van der Waals surface area contributed by atoms with E-state index in [9.17, 15) is 18.0 Å². The summed E-state index contributed by atoms with van der Waals surface area (Å²) in [6.45, 7) is 5.52. The molecule has 1 atom stereocenters. The molecule has 3 rings (SSSR count). The summed E-state index contributed by atoms with van der Waals surface area (Å²) in [5, 5.41) is 3.37. The Kier molecular flexibility index (Phi) is 10.4. The largest absolute Gasteiger partial charge is 0.497 e.